The van der Waals surface area contributed by atoms with Gasteiger partial charge in [-0.1, -0.05) is 61.3 Å². The molecule has 2 N–H and O–H groups in total. The molecule has 1 unspecified atom stereocenters. The van der Waals surface area contributed by atoms with Gasteiger partial charge in [0.1, 0.15) is 18.4 Å². The predicted molar refractivity (Wildman–Crippen MR) is 135 cm³/mol. The Balaban J connectivity index is 1.53. The fourth-order valence-corrected chi connectivity index (χ4v) is 3.44. The largest absolute Gasteiger partial charge is 0.489 e. The van der Waals surface area contributed by atoms with Crippen LogP contribution in [0.4, 0.5) is 0 Å². The molecule has 0 spiro atoms. The molecule has 0 aliphatic heterocycles. The summed E-state index contributed by atoms with van der Waals surface area (Å²) < 4.78 is 5.82. The number of amides is 2. The van der Waals surface area contributed by atoms with E-state index in [0.29, 0.717) is 17.2 Å². The Kier molecular flexibility index (Phi) is 8.82. The highest BCUT2D eigenvalue weighted by Crippen LogP contribution is 2.15. The summed E-state index contributed by atoms with van der Waals surface area (Å²) in [6, 6.07) is 21.4. The number of ether oxygens (including phenoxy) is 1. The van der Waals surface area contributed by atoms with Crippen LogP contribution in [0.2, 0.25) is 5.02 Å². The molecule has 3 rings (SSSR count). The number of benzene rings is 3. The number of hydrogen-bond donors (Lipinski definition) is 2. The molecule has 0 radical (unpaired) electrons. The molecule has 0 saturated carbocycles. The SMILES string of the molecule is Cc1cccc(COc2ccc(/C=N\NC(=O)C(NC(=O)c3cccc(Cl)c3)C(C)C)cc2)c1. The van der Waals surface area contributed by atoms with Gasteiger partial charge >= 0.3 is 0 Å². The summed E-state index contributed by atoms with van der Waals surface area (Å²) in [7, 11) is 0. The van der Waals surface area contributed by atoms with Crippen LogP contribution in [0.15, 0.2) is 77.9 Å². The van der Waals surface area contributed by atoms with E-state index in [2.05, 4.69) is 21.9 Å². The highest BCUT2D eigenvalue weighted by Gasteiger charge is 2.24. The molecular weight excluding hydrogens is 450 g/mol. The number of carbonyl (C=O) groups is 2. The van der Waals surface area contributed by atoms with Gasteiger partial charge in [-0.05, 0) is 66.4 Å². The molecule has 34 heavy (non-hydrogen) atoms. The van der Waals surface area contributed by atoms with Gasteiger partial charge < -0.3 is 10.1 Å². The monoisotopic (exact) mass is 477 g/mol. The summed E-state index contributed by atoms with van der Waals surface area (Å²) in [6.45, 7) is 6.24. The molecular formula is C27H28ClN3O3. The van der Waals surface area contributed by atoms with Crippen LogP contribution in [-0.2, 0) is 11.4 Å². The smallest absolute Gasteiger partial charge is 0.262 e. The van der Waals surface area contributed by atoms with E-state index >= 15 is 0 Å². The van der Waals surface area contributed by atoms with Crippen molar-refractivity contribution in [3.63, 3.8) is 0 Å². The Labute approximate surface area is 205 Å². The number of nitrogens with one attached hydrogen (secondary N) is 2. The second-order valence-corrected chi connectivity index (χ2v) is 8.72. The number of hydrazone groups is 1. The van der Waals surface area contributed by atoms with Crippen LogP contribution in [-0.4, -0.2) is 24.1 Å². The quantitative estimate of drug-likeness (QED) is 0.331. The van der Waals surface area contributed by atoms with Crippen molar-refractivity contribution in [2.45, 2.75) is 33.4 Å². The van der Waals surface area contributed by atoms with Crippen LogP contribution in [0.5, 0.6) is 5.75 Å². The van der Waals surface area contributed by atoms with Gasteiger partial charge in [0.2, 0.25) is 0 Å². The minimum Gasteiger partial charge on any atom is -0.489 e. The van der Waals surface area contributed by atoms with Crippen molar-refractivity contribution in [1.82, 2.24) is 10.7 Å². The van der Waals surface area contributed by atoms with Crippen LogP contribution < -0.4 is 15.5 Å². The third kappa shape index (κ3) is 7.46. The van der Waals surface area contributed by atoms with Gasteiger partial charge in [0, 0.05) is 10.6 Å². The van der Waals surface area contributed by atoms with Crippen molar-refractivity contribution in [2.75, 3.05) is 0 Å². The van der Waals surface area contributed by atoms with E-state index in [-0.39, 0.29) is 11.8 Å². The summed E-state index contributed by atoms with van der Waals surface area (Å²) in [4.78, 5) is 25.1. The predicted octanol–water partition coefficient (Wildman–Crippen LogP) is 5.13. The normalized spacial score (nSPS) is 11.9. The molecule has 0 aliphatic rings. The van der Waals surface area contributed by atoms with E-state index in [1.54, 1.807) is 30.5 Å². The number of aryl methyl sites for hydroxylation is 1. The van der Waals surface area contributed by atoms with E-state index in [1.807, 2.05) is 63.2 Å². The number of halogens is 1. The number of carbonyl (C=O) groups excluding carboxylic acids is 2. The van der Waals surface area contributed by atoms with E-state index in [9.17, 15) is 9.59 Å². The lowest BCUT2D eigenvalue weighted by Gasteiger charge is -2.20. The average Bonchev–Trinajstić information content (AvgIpc) is 2.81. The van der Waals surface area contributed by atoms with E-state index in [1.165, 1.54) is 5.56 Å². The van der Waals surface area contributed by atoms with Gasteiger partial charge in [-0.15, -0.1) is 0 Å². The van der Waals surface area contributed by atoms with E-state index < -0.39 is 11.9 Å². The van der Waals surface area contributed by atoms with Gasteiger partial charge in [-0.25, -0.2) is 5.43 Å². The van der Waals surface area contributed by atoms with Crippen molar-refractivity contribution in [2.24, 2.45) is 11.0 Å². The first kappa shape index (κ1) is 25.0. The summed E-state index contributed by atoms with van der Waals surface area (Å²) >= 11 is 5.95. The molecule has 0 aromatic heterocycles. The fraction of sp³-hybridized carbons (Fsp3) is 0.222. The third-order valence-corrected chi connectivity index (χ3v) is 5.31. The van der Waals surface area contributed by atoms with Crippen molar-refractivity contribution in [1.29, 1.82) is 0 Å². The zero-order valence-electron chi connectivity index (χ0n) is 19.4. The lowest BCUT2D eigenvalue weighted by molar-refractivity contribution is -0.123. The zero-order chi connectivity index (χ0) is 24.5. The summed E-state index contributed by atoms with van der Waals surface area (Å²) in [6.07, 6.45) is 1.54. The van der Waals surface area contributed by atoms with Crippen molar-refractivity contribution < 1.29 is 14.3 Å². The maximum absolute atomic E-state index is 12.6. The average molecular weight is 478 g/mol. The number of nitrogens with zero attached hydrogens (tertiary/aromatic N) is 1. The minimum absolute atomic E-state index is 0.136. The van der Waals surface area contributed by atoms with Crippen LogP contribution >= 0.6 is 11.6 Å². The minimum atomic E-state index is -0.749. The zero-order valence-corrected chi connectivity index (χ0v) is 20.2. The lowest BCUT2D eigenvalue weighted by atomic mass is 10.0. The molecule has 6 nitrogen and oxygen atoms in total. The summed E-state index contributed by atoms with van der Waals surface area (Å²) in [5.74, 6) is -0.171. The van der Waals surface area contributed by atoms with Gasteiger partial charge in [0.15, 0.2) is 0 Å². The van der Waals surface area contributed by atoms with Crippen molar-refractivity contribution in [3.8, 4) is 5.75 Å². The van der Waals surface area contributed by atoms with Crippen LogP contribution in [0.25, 0.3) is 0 Å². The van der Waals surface area contributed by atoms with Gasteiger partial charge in [0.25, 0.3) is 11.8 Å². The maximum Gasteiger partial charge on any atom is 0.262 e. The highest BCUT2D eigenvalue weighted by molar-refractivity contribution is 6.31. The van der Waals surface area contributed by atoms with E-state index in [0.717, 1.165) is 16.9 Å². The van der Waals surface area contributed by atoms with Crippen LogP contribution in [0.3, 0.4) is 0 Å². The molecule has 3 aromatic rings. The molecule has 0 aliphatic carbocycles. The molecule has 0 bridgehead atoms. The Morgan fingerprint density at radius 2 is 1.76 bits per heavy atom. The molecule has 1 atom stereocenters. The number of rotatable bonds is 9. The number of hydrogen-bond acceptors (Lipinski definition) is 4. The summed E-state index contributed by atoms with van der Waals surface area (Å²) in [5, 5.41) is 7.23. The second-order valence-electron chi connectivity index (χ2n) is 8.29. The Morgan fingerprint density at radius 1 is 1.03 bits per heavy atom. The fourth-order valence-electron chi connectivity index (χ4n) is 3.25. The standard InChI is InChI=1S/C27H28ClN3O3/c1-18(2)25(30-26(32)22-8-5-9-23(28)15-22)27(33)31-29-16-20-10-12-24(13-11-20)34-17-21-7-4-6-19(3)14-21/h4-16,18,25H,17H2,1-3H3,(H,30,32)(H,31,33)/b29-16-. The molecule has 7 heteroatoms. The van der Waals surface area contributed by atoms with Crippen LogP contribution in [0, 0.1) is 12.8 Å². The van der Waals surface area contributed by atoms with Gasteiger partial charge in [0.05, 0.1) is 6.21 Å². The Hall–Kier alpha value is -3.64. The molecule has 0 heterocycles. The van der Waals surface area contributed by atoms with Gasteiger partial charge in [-0.3, -0.25) is 9.59 Å². The Morgan fingerprint density at radius 3 is 2.44 bits per heavy atom. The van der Waals surface area contributed by atoms with Crippen molar-refractivity contribution >= 4 is 29.6 Å². The summed E-state index contributed by atoms with van der Waals surface area (Å²) in [5.41, 5.74) is 5.99. The molecule has 0 fully saturated rings. The molecule has 3 aromatic carbocycles. The third-order valence-electron chi connectivity index (χ3n) is 5.08. The molecule has 0 saturated heterocycles. The molecule has 176 valence electrons. The first-order chi connectivity index (χ1) is 16.3. The topological polar surface area (TPSA) is 79.8 Å². The van der Waals surface area contributed by atoms with Crippen molar-refractivity contribution in [3.05, 3.63) is 100 Å². The maximum atomic E-state index is 12.6. The highest BCUT2D eigenvalue weighted by atomic mass is 35.5. The first-order valence-corrected chi connectivity index (χ1v) is 11.4. The molecule has 2 amide bonds. The second kappa shape index (κ2) is 12.0. The van der Waals surface area contributed by atoms with Crippen LogP contribution in [0.1, 0.15) is 40.9 Å². The van der Waals surface area contributed by atoms with Gasteiger partial charge in [-0.2, -0.15) is 5.10 Å². The lowest BCUT2D eigenvalue weighted by Crippen LogP contribution is -2.48. The first-order valence-electron chi connectivity index (χ1n) is 11.0. The Bertz CT molecular complexity index is 1160. The van der Waals surface area contributed by atoms with E-state index in [4.69, 9.17) is 16.3 Å².